The van der Waals surface area contributed by atoms with Gasteiger partial charge in [-0.2, -0.15) is 5.10 Å². The fraction of sp³-hybridized carbons (Fsp3) is 0. The van der Waals surface area contributed by atoms with Gasteiger partial charge in [0.2, 0.25) is 0 Å². The van der Waals surface area contributed by atoms with Crippen molar-refractivity contribution >= 4 is 16.9 Å². The maximum atomic E-state index is 10.6. The predicted octanol–water partition coefficient (Wildman–Crippen LogP) is 0.967. The minimum absolute atomic E-state index is 0.139. The minimum atomic E-state index is -1.16. The third-order valence-electron chi connectivity index (χ3n) is 1.81. The highest BCUT2D eigenvalue weighted by molar-refractivity contribution is 5.98. The van der Waals surface area contributed by atoms with Crippen molar-refractivity contribution in [2.24, 2.45) is 0 Å². The van der Waals surface area contributed by atoms with Gasteiger partial charge in [0.15, 0.2) is 5.75 Å². The van der Waals surface area contributed by atoms with E-state index in [1.165, 1.54) is 6.07 Å². The third-order valence-corrected chi connectivity index (χ3v) is 1.81. The second-order valence-corrected chi connectivity index (χ2v) is 2.59. The van der Waals surface area contributed by atoms with Crippen LogP contribution in [0.2, 0.25) is 0 Å². The summed E-state index contributed by atoms with van der Waals surface area (Å²) in [6.07, 6.45) is 1.58. The maximum Gasteiger partial charge on any atom is 0.339 e. The van der Waals surface area contributed by atoms with Gasteiger partial charge in [-0.25, -0.2) is 4.79 Å². The fourth-order valence-corrected chi connectivity index (χ4v) is 1.17. The Hall–Kier alpha value is -2.04. The van der Waals surface area contributed by atoms with Crippen molar-refractivity contribution in [2.45, 2.75) is 0 Å². The standard InChI is InChI=1S/C8H6N2O3/c11-7-5(8(12)13)2-1-4-3-9-10-6(4)7/h1-3,11H,(H,9,10)(H,12,13). The number of aromatic hydroxyl groups is 1. The minimum Gasteiger partial charge on any atom is -0.505 e. The summed E-state index contributed by atoms with van der Waals surface area (Å²) < 4.78 is 0. The van der Waals surface area contributed by atoms with Crippen LogP contribution in [0.4, 0.5) is 0 Å². The summed E-state index contributed by atoms with van der Waals surface area (Å²) in [4.78, 5) is 10.6. The van der Waals surface area contributed by atoms with E-state index < -0.39 is 5.97 Å². The number of aromatic amines is 1. The second-order valence-electron chi connectivity index (χ2n) is 2.59. The van der Waals surface area contributed by atoms with Gasteiger partial charge >= 0.3 is 5.97 Å². The van der Waals surface area contributed by atoms with E-state index in [9.17, 15) is 9.90 Å². The quantitative estimate of drug-likeness (QED) is 0.607. The van der Waals surface area contributed by atoms with Gasteiger partial charge in [0.05, 0.1) is 0 Å². The first kappa shape index (κ1) is 7.60. The summed E-state index contributed by atoms with van der Waals surface area (Å²) in [6.45, 7) is 0. The van der Waals surface area contributed by atoms with Gasteiger partial charge in [-0.3, -0.25) is 5.10 Å². The number of aromatic nitrogens is 2. The molecule has 5 heteroatoms. The molecule has 66 valence electrons. The fourth-order valence-electron chi connectivity index (χ4n) is 1.17. The zero-order valence-corrected chi connectivity index (χ0v) is 6.48. The highest BCUT2D eigenvalue weighted by Gasteiger charge is 2.13. The number of carbonyl (C=O) groups is 1. The average molecular weight is 178 g/mol. The zero-order chi connectivity index (χ0) is 9.42. The molecule has 0 saturated carbocycles. The van der Waals surface area contributed by atoms with E-state index in [1.807, 2.05) is 0 Å². The Morgan fingerprint density at radius 2 is 2.23 bits per heavy atom. The Morgan fingerprint density at radius 1 is 1.46 bits per heavy atom. The number of H-pyrrole nitrogens is 1. The van der Waals surface area contributed by atoms with E-state index in [2.05, 4.69) is 10.2 Å². The van der Waals surface area contributed by atoms with Gasteiger partial charge in [0.1, 0.15) is 11.1 Å². The second kappa shape index (κ2) is 2.48. The lowest BCUT2D eigenvalue weighted by molar-refractivity contribution is 0.0694. The van der Waals surface area contributed by atoms with E-state index in [-0.39, 0.29) is 16.8 Å². The van der Waals surface area contributed by atoms with Crippen LogP contribution >= 0.6 is 0 Å². The molecule has 1 heterocycles. The summed E-state index contributed by atoms with van der Waals surface area (Å²) in [5.41, 5.74) is 0.138. The molecule has 0 bridgehead atoms. The molecule has 0 aliphatic carbocycles. The lowest BCUT2D eigenvalue weighted by Gasteiger charge is -1.98. The van der Waals surface area contributed by atoms with E-state index in [0.717, 1.165) is 0 Å². The maximum absolute atomic E-state index is 10.6. The summed E-state index contributed by atoms with van der Waals surface area (Å²) in [6, 6.07) is 2.93. The predicted molar refractivity (Wildman–Crippen MR) is 44.7 cm³/mol. The molecule has 3 N–H and O–H groups in total. The van der Waals surface area contributed by atoms with Gasteiger partial charge < -0.3 is 10.2 Å². The Morgan fingerprint density at radius 3 is 2.92 bits per heavy atom. The van der Waals surface area contributed by atoms with Crippen molar-refractivity contribution in [3.63, 3.8) is 0 Å². The van der Waals surface area contributed by atoms with Crippen molar-refractivity contribution in [3.8, 4) is 5.75 Å². The first-order chi connectivity index (χ1) is 6.20. The molecular formula is C8H6N2O3. The normalized spacial score (nSPS) is 10.5. The molecule has 2 rings (SSSR count). The van der Waals surface area contributed by atoms with Crippen LogP contribution in [0.5, 0.6) is 5.75 Å². The molecule has 1 aromatic carbocycles. The highest BCUT2D eigenvalue weighted by atomic mass is 16.4. The third kappa shape index (κ3) is 1.01. The zero-order valence-electron chi connectivity index (χ0n) is 6.48. The number of aromatic carboxylic acids is 1. The first-order valence-electron chi connectivity index (χ1n) is 3.59. The van der Waals surface area contributed by atoms with Gasteiger partial charge in [0.25, 0.3) is 0 Å². The molecule has 1 aromatic heterocycles. The van der Waals surface area contributed by atoms with Crippen LogP contribution in [0, 0.1) is 0 Å². The van der Waals surface area contributed by atoms with E-state index in [1.54, 1.807) is 12.3 Å². The lowest BCUT2D eigenvalue weighted by atomic mass is 10.1. The van der Waals surface area contributed by atoms with Crippen molar-refractivity contribution in [2.75, 3.05) is 0 Å². The van der Waals surface area contributed by atoms with Crippen LogP contribution in [0.25, 0.3) is 10.9 Å². The Kier molecular flexibility index (Phi) is 1.45. The number of carboxylic acids is 1. The smallest absolute Gasteiger partial charge is 0.339 e. The van der Waals surface area contributed by atoms with Crippen LogP contribution in [0.3, 0.4) is 0 Å². The van der Waals surface area contributed by atoms with Crippen molar-refractivity contribution in [3.05, 3.63) is 23.9 Å². The molecular weight excluding hydrogens is 172 g/mol. The Labute approximate surface area is 72.6 Å². The molecule has 0 fully saturated rings. The summed E-state index contributed by atoms with van der Waals surface area (Å²) in [5.74, 6) is -1.46. The molecule has 0 aliphatic heterocycles. The molecule has 0 spiro atoms. The molecule has 0 unspecified atom stereocenters. The topological polar surface area (TPSA) is 86.2 Å². The Balaban J connectivity index is 2.80. The van der Waals surface area contributed by atoms with Gasteiger partial charge in [-0.05, 0) is 6.07 Å². The van der Waals surface area contributed by atoms with Crippen LogP contribution in [0.1, 0.15) is 10.4 Å². The van der Waals surface area contributed by atoms with Crippen molar-refractivity contribution < 1.29 is 15.0 Å². The number of nitrogens with one attached hydrogen (secondary N) is 1. The van der Waals surface area contributed by atoms with Gasteiger partial charge in [0, 0.05) is 11.6 Å². The molecule has 0 saturated heterocycles. The first-order valence-corrected chi connectivity index (χ1v) is 3.59. The number of hydrogen-bond acceptors (Lipinski definition) is 3. The molecule has 0 atom stereocenters. The average Bonchev–Trinajstić information content (AvgIpc) is 2.52. The van der Waals surface area contributed by atoms with E-state index in [0.29, 0.717) is 5.39 Å². The van der Waals surface area contributed by atoms with Crippen molar-refractivity contribution in [1.82, 2.24) is 10.2 Å². The SMILES string of the molecule is O=C(O)c1ccc2c[nH]nc2c1O. The summed E-state index contributed by atoms with van der Waals surface area (Å²) >= 11 is 0. The van der Waals surface area contributed by atoms with Gasteiger partial charge in [-0.15, -0.1) is 0 Å². The summed E-state index contributed by atoms with van der Waals surface area (Å²) in [5, 5.41) is 25.1. The van der Waals surface area contributed by atoms with Crippen LogP contribution in [-0.2, 0) is 0 Å². The van der Waals surface area contributed by atoms with Gasteiger partial charge in [-0.1, -0.05) is 6.07 Å². The molecule has 13 heavy (non-hydrogen) atoms. The number of nitrogens with zero attached hydrogens (tertiary/aromatic N) is 1. The molecule has 0 amide bonds. The number of benzene rings is 1. The van der Waals surface area contributed by atoms with Crippen LogP contribution in [-0.4, -0.2) is 26.4 Å². The van der Waals surface area contributed by atoms with E-state index in [4.69, 9.17) is 5.11 Å². The number of rotatable bonds is 1. The molecule has 0 radical (unpaired) electrons. The number of phenols is 1. The van der Waals surface area contributed by atoms with Crippen molar-refractivity contribution in [1.29, 1.82) is 0 Å². The molecule has 0 aliphatic rings. The highest BCUT2D eigenvalue weighted by Crippen LogP contribution is 2.26. The Bertz CT molecular complexity index is 475. The lowest BCUT2D eigenvalue weighted by Crippen LogP contribution is -1.96. The number of fused-ring (bicyclic) bond motifs is 1. The summed E-state index contributed by atoms with van der Waals surface area (Å²) in [7, 11) is 0. The van der Waals surface area contributed by atoms with Crippen LogP contribution < -0.4 is 0 Å². The number of hydrogen-bond donors (Lipinski definition) is 3. The monoisotopic (exact) mass is 178 g/mol. The van der Waals surface area contributed by atoms with E-state index >= 15 is 0 Å². The van der Waals surface area contributed by atoms with Crippen LogP contribution in [0.15, 0.2) is 18.3 Å². The number of carboxylic acid groups (broad SMARTS) is 1. The largest absolute Gasteiger partial charge is 0.505 e. The molecule has 2 aromatic rings. The molecule has 5 nitrogen and oxygen atoms in total.